The number of carboxylic acids is 1. The van der Waals surface area contributed by atoms with Crippen LogP contribution in [0.15, 0.2) is 0 Å². The van der Waals surface area contributed by atoms with Crippen LogP contribution in [-0.4, -0.2) is 65.4 Å². The number of hydrogen-bond acceptors (Lipinski definition) is 4. The van der Waals surface area contributed by atoms with Gasteiger partial charge in [0.2, 0.25) is 0 Å². The van der Waals surface area contributed by atoms with Crippen molar-refractivity contribution in [1.82, 2.24) is 10.2 Å². The molecule has 2 heterocycles. The standard InChI is InChI=1S/C13H22N2O4S/c1-9(10-2-4-19-7-10)14-13(18)15-3-5-20-8-11(15)6-12(16)17/h9-11H,2-8H2,1H3,(H,14,18)(H,16,17). The first-order chi connectivity index (χ1) is 9.58. The molecule has 0 aliphatic carbocycles. The summed E-state index contributed by atoms with van der Waals surface area (Å²) < 4.78 is 5.33. The van der Waals surface area contributed by atoms with Crippen LogP contribution in [0.4, 0.5) is 4.79 Å². The van der Waals surface area contributed by atoms with E-state index in [2.05, 4.69) is 5.32 Å². The Bertz CT molecular complexity index is 360. The second-order valence-electron chi connectivity index (χ2n) is 5.38. The molecule has 0 aromatic rings. The van der Waals surface area contributed by atoms with Crippen LogP contribution in [0.2, 0.25) is 0 Å². The van der Waals surface area contributed by atoms with E-state index in [1.54, 1.807) is 16.7 Å². The molecule has 6 nitrogen and oxygen atoms in total. The van der Waals surface area contributed by atoms with Crippen molar-refractivity contribution in [2.24, 2.45) is 5.92 Å². The maximum absolute atomic E-state index is 12.3. The van der Waals surface area contributed by atoms with Gasteiger partial charge in [-0.3, -0.25) is 4.79 Å². The second kappa shape index (κ2) is 7.17. The maximum Gasteiger partial charge on any atom is 0.317 e. The molecule has 2 aliphatic heterocycles. The van der Waals surface area contributed by atoms with Crippen LogP contribution in [0.1, 0.15) is 19.8 Å². The number of nitrogens with zero attached hydrogens (tertiary/aromatic N) is 1. The average molecular weight is 302 g/mol. The van der Waals surface area contributed by atoms with E-state index in [4.69, 9.17) is 9.84 Å². The number of urea groups is 1. The predicted molar refractivity (Wildman–Crippen MR) is 77.0 cm³/mol. The van der Waals surface area contributed by atoms with Gasteiger partial charge in [0.1, 0.15) is 0 Å². The van der Waals surface area contributed by atoms with Crippen molar-refractivity contribution in [2.75, 3.05) is 31.3 Å². The number of nitrogens with one attached hydrogen (secondary N) is 1. The van der Waals surface area contributed by atoms with Gasteiger partial charge in [-0.2, -0.15) is 11.8 Å². The number of ether oxygens (including phenoxy) is 1. The highest BCUT2D eigenvalue weighted by Crippen LogP contribution is 2.21. The van der Waals surface area contributed by atoms with Crippen LogP contribution in [0.5, 0.6) is 0 Å². The highest BCUT2D eigenvalue weighted by atomic mass is 32.2. The first-order valence-corrected chi connectivity index (χ1v) is 8.18. The summed E-state index contributed by atoms with van der Waals surface area (Å²) >= 11 is 1.71. The van der Waals surface area contributed by atoms with Gasteiger partial charge in [-0.05, 0) is 13.3 Å². The number of carbonyl (C=O) groups excluding carboxylic acids is 1. The molecular formula is C13H22N2O4S. The van der Waals surface area contributed by atoms with Crippen LogP contribution < -0.4 is 5.32 Å². The third kappa shape index (κ3) is 4.02. The highest BCUT2D eigenvalue weighted by molar-refractivity contribution is 7.99. The molecule has 114 valence electrons. The van der Waals surface area contributed by atoms with E-state index < -0.39 is 5.97 Å². The van der Waals surface area contributed by atoms with E-state index in [1.165, 1.54) is 0 Å². The lowest BCUT2D eigenvalue weighted by Gasteiger charge is -2.36. The molecular weight excluding hydrogens is 280 g/mol. The fraction of sp³-hybridized carbons (Fsp3) is 0.846. The van der Waals surface area contributed by atoms with Gasteiger partial charge in [0.15, 0.2) is 0 Å². The molecule has 20 heavy (non-hydrogen) atoms. The van der Waals surface area contributed by atoms with Crippen molar-refractivity contribution in [1.29, 1.82) is 0 Å². The van der Waals surface area contributed by atoms with Gasteiger partial charge in [0.25, 0.3) is 0 Å². The molecule has 0 aromatic heterocycles. The predicted octanol–water partition coefficient (Wildman–Crippen LogP) is 1.01. The van der Waals surface area contributed by atoms with E-state index in [1.807, 2.05) is 6.92 Å². The first kappa shape index (κ1) is 15.4. The Morgan fingerprint density at radius 2 is 2.35 bits per heavy atom. The third-order valence-corrected chi connectivity index (χ3v) is 5.01. The second-order valence-corrected chi connectivity index (χ2v) is 6.53. The lowest BCUT2D eigenvalue weighted by atomic mass is 10.0. The lowest BCUT2D eigenvalue weighted by molar-refractivity contribution is -0.138. The molecule has 0 saturated carbocycles. The van der Waals surface area contributed by atoms with E-state index in [0.717, 1.165) is 18.8 Å². The number of aliphatic carboxylic acids is 1. The molecule has 2 amide bonds. The molecule has 0 spiro atoms. The molecule has 0 aromatic carbocycles. The van der Waals surface area contributed by atoms with Crippen molar-refractivity contribution >= 4 is 23.8 Å². The Labute approximate surface area is 123 Å². The molecule has 3 unspecified atom stereocenters. The number of carbonyl (C=O) groups is 2. The largest absolute Gasteiger partial charge is 0.481 e. The van der Waals surface area contributed by atoms with Crippen LogP contribution in [0.3, 0.4) is 0 Å². The summed E-state index contributed by atoms with van der Waals surface area (Å²) in [5.41, 5.74) is 0. The van der Waals surface area contributed by atoms with Crippen LogP contribution in [0.25, 0.3) is 0 Å². The molecule has 3 atom stereocenters. The monoisotopic (exact) mass is 302 g/mol. The van der Waals surface area contributed by atoms with Gasteiger partial charge < -0.3 is 20.1 Å². The van der Waals surface area contributed by atoms with Crippen molar-refractivity contribution < 1.29 is 19.4 Å². The molecule has 0 radical (unpaired) electrons. The van der Waals surface area contributed by atoms with Crippen molar-refractivity contribution in [3.05, 3.63) is 0 Å². The normalized spacial score (nSPS) is 28.1. The number of amides is 2. The quantitative estimate of drug-likeness (QED) is 0.810. The summed E-state index contributed by atoms with van der Waals surface area (Å²) in [7, 11) is 0. The Morgan fingerprint density at radius 1 is 1.55 bits per heavy atom. The zero-order valence-corrected chi connectivity index (χ0v) is 12.5. The highest BCUT2D eigenvalue weighted by Gasteiger charge is 2.31. The summed E-state index contributed by atoms with van der Waals surface area (Å²) in [4.78, 5) is 24.9. The minimum Gasteiger partial charge on any atom is -0.481 e. The number of rotatable bonds is 4. The van der Waals surface area contributed by atoms with E-state index >= 15 is 0 Å². The van der Waals surface area contributed by atoms with Crippen LogP contribution in [-0.2, 0) is 9.53 Å². The Kier molecular flexibility index (Phi) is 5.54. The molecule has 2 fully saturated rings. The zero-order chi connectivity index (χ0) is 14.5. The Morgan fingerprint density at radius 3 is 3.00 bits per heavy atom. The van der Waals surface area contributed by atoms with E-state index in [-0.39, 0.29) is 24.5 Å². The number of carboxylic acid groups (broad SMARTS) is 1. The summed E-state index contributed by atoms with van der Waals surface area (Å²) in [5, 5.41) is 11.9. The fourth-order valence-electron chi connectivity index (χ4n) is 2.64. The molecule has 2 N–H and O–H groups in total. The summed E-state index contributed by atoms with van der Waals surface area (Å²) in [6.07, 6.45) is 0.983. The summed E-state index contributed by atoms with van der Waals surface area (Å²) in [5.74, 6) is 1.06. The lowest BCUT2D eigenvalue weighted by Crippen LogP contribution is -2.54. The van der Waals surface area contributed by atoms with Crippen molar-refractivity contribution in [3.63, 3.8) is 0 Å². The Hall–Kier alpha value is -0.950. The van der Waals surface area contributed by atoms with E-state index in [9.17, 15) is 9.59 Å². The molecule has 0 bridgehead atoms. The van der Waals surface area contributed by atoms with Gasteiger partial charge in [0, 0.05) is 36.6 Å². The summed E-state index contributed by atoms with van der Waals surface area (Å²) in [6, 6.07) is -0.292. The molecule has 2 rings (SSSR count). The maximum atomic E-state index is 12.3. The van der Waals surface area contributed by atoms with Crippen molar-refractivity contribution in [3.8, 4) is 0 Å². The van der Waals surface area contributed by atoms with Crippen molar-refractivity contribution in [2.45, 2.75) is 31.8 Å². The average Bonchev–Trinajstić information content (AvgIpc) is 2.92. The molecule has 2 saturated heterocycles. The van der Waals surface area contributed by atoms with E-state index in [0.29, 0.717) is 24.8 Å². The SMILES string of the molecule is CC(NC(=O)N1CCSCC1CC(=O)O)C1CCOC1. The van der Waals surface area contributed by atoms with Gasteiger partial charge in [-0.15, -0.1) is 0 Å². The van der Waals surface area contributed by atoms with Gasteiger partial charge >= 0.3 is 12.0 Å². The smallest absolute Gasteiger partial charge is 0.317 e. The minimum absolute atomic E-state index is 0.0152. The topological polar surface area (TPSA) is 78.9 Å². The number of hydrogen-bond donors (Lipinski definition) is 2. The fourth-order valence-corrected chi connectivity index (χ4v) is 3.70. The minimum atomic E-state index is -0.854. The first-order valence-electron chi connectivity index (χ1n) is 7.02. The number of thioether (sulfide) groups is 1. The third-order valence-electron chi connectivity index (χ3n) is 3.92. The summed E-state index contributed by atoms with van der Waals surface area (Å²) in [6.45, 7) is 4.05. The molecule has 7 heteroatoms. The molecule has 2 aliphatic rings. The van der Waals surface area contributed by atoms with Crippen LogP contribution >= 0.6 is 11.8 Å². The Balaban J connectivity index is 1.89. The van der Waals surface area contributed by atoms with Crippen LogP contribution in [0, 0.1) is 5.92 Å². The zero-order valence-electron chi connectivity index (χ0n) is 11.7. The van der Waals surface area contributed by atoms with Gasteiger partial charge in [0.05, 0.1) is 19.1 Å². The van der Waals surface area contributed by atoms with Gasteiger partial charge in [-0.1, -0.05) is 0 Å². The van der Waals surface area contributed by atoms with Gasteiger partial charge in [-0.25, -0.2) is 4.79 Å².